The highest BCUT2D eigenvalue weighted by Gasteiger charge is 2.74. The highest BCUT2D eigenvalue weighted by Crippen LogP contribution is 2.58. The second-order valence-electron chi connectivity index (χ2n) is 9.54. The molecule has 182 valence electrons. The molecule has 6 atom stereocenters. The largest absolute Gasteiger partial charge is 0.873 e. The number of fused-ring (bicyclic) bond motifs is 3. The minimum atomic E-state index is -3.19. The summed E-state index contributed by atoms with van der Waals surface area (Å²) in [5.41, 5.74) is -5.36. The number of primary amides is 1. The van der Waals surface area contributed by atoms with Gasteiger partial charge >= 0.3 is 0 Å². The topological polar surface area (TPSA) is 203 Å². The Morgan fingerprint density at radius 2 is 1.76 bits per heavy atom. The number of phenols is 1. The van der Waals surface area contributed by atoms with Gasteiger partial charge in [-0.1, -0.05) is 17.4 Å². The number of nitrogens with one attached hydrogen (secondary N) is 1. The van der Waals surface area contributed by atoms with Gasteiger partial charge in [0.15, 0.2) is 11.6 Å². The van der Waals surface area contributed by atoms with Gasteiger partial charge in [-0.2, -0.15) is 0 Å². The van der Waals surface area contributed by atoms with Crippen molar-refractivity contribution in [2.75, 3.05) is 14.1 Å². The van der Waals surface area contributed by atoms with E-state index in [1.807, 2.05) is 0 Å². The van der Waals surface area contributed by atoms with Crippen LogP contribution in [-0.4, -0.2) is 75.0 Å². The molecule has 1 fully saturated rings. The van der Waals surface area contributed by atoms with Crippen molar-refractivity contribution < 1.29 is 49.6 Å². The van der Waals surface area contributed by atoms with Gasteiger partial charge in [0.05, 0.1) is 36.8 Å². The molecule has 0 heterocycles. The molecular weight excluding hydrogens is 472 g/mol. The van der Waals surface area contributed by atoms with E-state index < -0.39 is 87.0 Å². The predicted molar refractivity (Wildman–Crippen MR) is 111 cm³/mol. The van der Waals surface area contributed by atoms with Crippen molar-refractivity contribution in [3.05, 3.63) is 39.6 Å². The van der Waals surface area contributed by atoms with Gasteiger partial charge in [-0.25, -0.2) is 0 Å². The van der Waals surface area contributed by atoms with Crippen molar-refractivity contribution in [3.63, 3.8) is 0 Å². The van der Waals surface area contributed by atoms with E-state index in [9.17, 15) is 44.7 Å². The lowest BCUT2D eigenvalue weighted by molar-refractivity contribution is -0.881. The van der Waals surface area contributed by atoms with E-state index in [1.165, 1.54) is 27.1 Å². The molecule has 1 saturated carbocycles. The summed E-state index contributed by atoms with van der Waals surface area (Å²) >= 11 is 6.21. The van der Waals surface area contributed by atoms with E-state index in [-0.39, 0.29) is 10.6 Å². The summed E-state index contributed by atoms with van der Waals surface area (Å²) < 4.78 is 0. The van der Waals surface area contributed by atoms with Crippen LogP contribution in [0, 0.1) is 11.8 Å². The molecule has 0 radical (unpaired) electrons. The molecule has 1 amide bonds. The molecule has 0 bridgehead atoms. The van der Waals surface area contributed by atoms with Crippen molar-refractivity contribution in [1.82, 2.24) is 0 Å². The summed E-state index contributed by atoms with van der Waals surface area (Å²) in [5, 5.41) is 57.9. The Balaban J connectivity index is 2.07. The lowest BCUT2D eigenvalue weighted by Gasteiger charge is -2.58. The zero-order valence-electron chi connectivity index (χ0n) is 18.4. The van der Waals surface area contributed by atoms with Crippen molar-refractivity contribution in [2.24, 2.45) is 17.6 Å². The van der Waals surface area contributed by atoms with Crippen LogP contribution in [0.25, 0.3) is 0 Å². The van der Waals surface area contributed by atoms with E-state index in [4.69, 9.17) is 17.3 Å². The number of benzene rings is 1. The monoisotopic (exact) mass is 494 g/mol. The minimum Gasteiger partial charge on any atom is -0.873 e. The minimum absolute atomic E-state index is 0.128. The first-order chi connectivity index (χ1) is 15.5. The number of amides is 1. The third-order valence-corrected chi connectivity index (χ3v) is 7.80. The number of carbonyl (C=O) groups is 4. The Labute approximate surface area is 198 Å². The maximum Gasteiger partial charge on any atom is 0.251 e. The molecule has 0 saturated heterocycles. The van der Waals surface area contributed by atoms with E-state index in [2.05, 4.69) is 0 Å². The fourth-order valence-corrected chi connectivity index (χ4v) is 6.30. The highest BCUT2D eigenvalue weighted by molar-refractivity contribution is 6.33. The van der Waals surface area contributed by atoms with Crippen LogP contribution < -0.4 is 15.7 Å². The number of rotatable bonds is 2. The van der Waals surface area contributed by atoms with Gasteiger partial charge in [0.1, 0.15) is 11.4 Å². The highest BCUT2D eigenvalue weighted by atomic mass is 35.5. The van der Waals surface area contributed by atoms with Crippen molar-refractivity contribution in [3.8, 4) is 5.75 Å². The first kappa shape index (κ1) is 24.3. The first-order valence-corrected chi connectivity index (χ1v) is 10.8. The van der Waals surface area contributed by atoms with Gasteiger partial charge in [-0.05, 0) is 25.5 Å². The van der Waals surface area contributed by atoms with Gasteiger partial charge in [-0.15, -0.1) is 0 Å². The number of likely N-dealkylation sites (N-methyl/N-ethyl adjacent to an activating group) is 1. The number of carbonyl (C=O) groups excluding carboxylic acids is 4. The van der Waals surface area contributed by atoms with Gasteiger partial charge < -0.3 is 36.2 Å². The molecule has 3 aliphatic rings. The van der Waals surface area contributed by atoms with E-state index in [1.54, 1.807) is 0 Å². The Morgan fingerprint density at radius 1 is 1.18 bits per heavy atom. The first-order valence-electron chi connectivity index (χ1n) is 10.4. The molecule has 7 N–H and O–H groups in total. The molecule has 1 aromatic carbocycles. The van der Waals surface area contributed by atoms with Crippen molar-refractivity contribution >= 4 is 34.9 Å². The molecule has 3 aliphatic carbocycles. The van der Waals surface area contributed by atoms with E-state index in [0.29, 0.717) is 4.90 Å². The van der Waals surface area contributed by atoms with Crippen LogP contribution in [0.5, 0.6) is 5.75 Å². The maximum absolute atomic E-state index is 13.7. The second kappa shape index (κ2) is 7.09. The molecule has 1 unspecified atom stereocenters. The fraction of sp³-hybridized carbons (Fsp3) is 0.455. The smallest absolute Gasteiger partial charge is 0.251 e. The lowest BCUT2D eigenvalue weighted by Crippen LogP contribution is -3.13. The number of nitrogens with two attached hydrogens (primary N) is 1. The third kappa shape index (κ3) is 2.61. The Kier molecular flexibility index (Phi) is 5.07. The number of hydrogen-bond acceptors (Lipinski definition) is 9. The summed E-state index contributed by atoms with van der Waals surface area (Å²) in [4.78, 5) is 52.5. The average Bonchev–Trinajstić information content (AvgIpc) is 2.72. The van der Waals surface area contributed by atoms with Gasteiger partial charge in [-0.3, -0.25) is 19.2 Å². The van der Waals surface area contributed by atoms with Crippen LogP contribution in [0.4, 0.5) is 0 Å². The summed E-state index contributed by atoms with van der Waals surface area (Å²) in [6, 6.07) is 0.904. The molecular formula is C22H23ClN2O9. The summed E-state index contributed by atoms with van der Waals surface area (Å²) in [6.07, 6.45) is -0.553. The fourth-order valence-electron chi connectivity index (χ4n) is 5.95. The molecule has 1 aromatic rings. The van der Waals surface area contributed by atoms with E-state index in [0.717, 1.165) is 6.07 Å². The quantitative estimate of drug-likeness (QED) is 0.177. The normalized spacial score (nSPS) is 37.4. The maximum atomic E-state index is 13.7. The summed E-state index contributed by atoms with van der Waals surface area (Å²) in [6.45, 7) is 1.17. The number of hydrogen-bond donors (Lipinski definition) is 6. The second-order valence-corrected chi connectivity index (χ2v) is 9.94. The number of halogens is 1. The molecule has 12 heteroatoms. The summed E-state index contributed by atoms with van der Waals surface area (Å²) in [7, 11) is 2.97. The third-order valence-electron chi connectivity index (χ3n) is 7.49. The zero-order valence-corrected chi connectivity index (χ0v) is 19.1. The number of quaternary nitrogens is 1. The zero-order chi connectivity index (χ0) is 25.7. The lowest BCUT2D eigenvalue weighted by atomic mass is 9.49. The van der Waals surface area contributed by atoms with Crippen LogP contribution in [0.15, 0.2) is 23.5 Å². The number of phenolic OH excluding ortho intramolecular Hbond substituents is 1. The standard InChI is InChI=1S/C22H23ClN2O9/c1-20(32)10-6-7-14(25(2)3)15(27)12(18(24)30)17(29)21(7,33)19(31)22(10,34)16(28)11-9(26)5-4-8(23)13(11)20/h4-5,7,10,14,26,29,32-34H,6H2,1-3H3,(H2,24,30)/t7-,10+,14-,20-,21+,22?/m0/s1. The predicted octanol–water partition coefficient (Wildman–Crippen LogP) is -3.69. The van der Waals surface area contributed by atoms with Crippen LogP contribution in [0.3, 0.4) is 0 Å². The molecule has 0 spiro atoms. The van der Waals surface area contributed by atoms with Crippen LogP contribution in [-0.2, 0) is 20.0 Å². The summed E-state index contributed by atoms with van der Waals surface area (Å²) in [5.74, 6) is -11.0. The van der Waals surface area contributed by atoms with Crippen LogP contribution in [0.1, 0.15) is 29.3 Å². The average molecular weight is 495 g/mol. The molecule has 11 nitrogen and oxygen atoms in total. The van der Waals surface area contributed by atoms with Gasteiger partial charge in [0.25, 0.3) is 5.91 Å². The van der Waals surface area contributed by atoms with Crippen LogP contribution >= 0.6 is 11.6 Å². The Hall–Kier alpha value is -2.83. The SMILES string of the molecule is C[NH+](C)[C@@H]1C(=O)C(C(N)=O)=C([O-])[C@@]2(O)C(=O)C3(O)C(=O)c4c(O)ccc(Cl)c4[C@@](C)(O)[C@H]3C[C@@H]12. The molecule has 34 heavy (non-hydrogen) atoms. The number of ketones is 3. The van der Waals surface area contributed by atoms with Crippen LogP contribution in [0.2, 0.25) is 5.02 Å². The Morgan fingerprint density at radius 3 is 2.29 bits per heavy atom. The van der Waals surface area contributed by atoms with Crippen molar-refractivity contribution in [1.29, 1.82) is 0 Å². The molecule has 4 rings (SSSR count). The molecule has 0 aliphatic heterocycles. The van der Waals surface area contributed by atoms with Gasteiger partial charge in [0.2, 0.25) is 17.3 Å². The number of aromatic hydroxyl groups is 1. The van der Waals surface area contributed by atoms with E-state index >= 15 is 0 Å². The molecule has 0 aromatic heterocycles. The van der Waals surface area contributed by atoms with Gasteiger partial charge in [0, 0.05) is 16.5 Å². The number of aliphatic hydroxyl groups is 3. The van der Waals surface area contributed by atoms with Crippen molar-refractivity contribution in [2.45, 2.75) is 36.2 Å². The Bertz CT molecular complexity index is 1220. The number of Topliss-reactive ketones (excluding diaryl/α,β-unsaturated/α-hetero) is 3.